The summed E-state index contributed by atoms with van der Waals surface area (Å²) in [5, 5.41) is 6.53. The van der Waals surface area contributed by atoms with Crippen LogP contribution < -0.4 is 15.4 Å². The maximum absolute atomic E-state index is 5.63. The lowest BCUT2D eigenvalue weighted by atomic mass is 10.1. The van der Waals surface area contributed by atoms with E-state index < -0.39 is 0 Å². The minimum absolute atomic E-state index is 0. The monoisotopic (exact) mass is 425 g/mol. The normalized spacial score (nSPS) is 10.6. The number of rotatable bonds is 6. The van der Waals surface area contributed by atoms with Gasteiger partial charge in [-0.2, -0.15) is 0 Å². The third-order valence-electron chi connectivity index (χ3n) is 3.17. The first-order chi connectivity index (χ1) is 10.8. The largest absolute Gasteiger partial charge is 0.492 e. The van der Waals surface area contributed by atoms with Crippen LogP contribution in [0.4, 0.5) is 0 Å². The van der Waals surface area contributed by atoms with E-state index in [1.165, 1.54) is 11.1 Å². The van der Waals surface area contributed by atoms with Crippen LogP contribution >= 0.6 is 24.0 Å². The van der Waals surface area contributed by atoms with Crippen molar-refractivity contribution in [2.24, 2.45) is 4.99 Å². The van der Waals surface area contributed by atoms with E-state index in [-0.39, 0.29) is 24.0 Å². The lowest BCUT2D eigenvalue weighted by molar-refractivity contribution is 0.322. The Bertz CT molecular complexity index is 602. The van der Waals surface area contributed by atoms with Gasteiger partial charge < -0.3 is 15.4 Å². The minimum atomic E-state index is 0. The highest BCUT2D eigenvalue weighted by molar-refractivity contribution is 14.0. The summed E-state index contributed by atoms with van der Waals surface area (Å²) in [7, 11) is 1.77. The Morgan fingerprint density at radius 2 is 1.83 bits per heavy atom. The summed E-state index contributed by atoms with van der Waals surface area (Å²) < 4.78 is 5.63. The Kier molecular flexibility index (Phi) is 9.12. The summed E-state index contributed by atoms with van der Waals surface area (Å²) in [5.74, 6) is 1.66. The Balaban J connectivity index is 0.00000264. The van der Waals surface area contributed by atoms with Crippen LogP contribution in [0.25, 0.3) is 0 Å². The lowest BCUT2D eigenvalue weighted by Gasteiger charge is -2.12. The van der Waals surface area contributed by atoms with Gasteiger partial charge >= 0.3 is 0 Å². The number of aliphatic imine (C=N–C) groups is 1. The van der Waals surface area contributed by atoms with E-state index in [4.69, 9.17) is 4.74 Å². The molecule has 2 N–H and O–H groups in total. The number of nitrogens with one attached hydrogen (secondary N) is 2. The van der Waals surface area contributed by atoms with E-state index in [9.17, 15) is 0 Å². The summed E-state index contributed by atoms with van der Waals surface area (Å²) in [5.41, 5.74) is 2.50. The maximum atomic E-state index is 5.63. The van der Waals surface area contributed by atoms with E-state index >= 15 is 0 Å². The SMILES string of the molecule is CN=C(NCCOc1ccccc1)NCc1cccc(C)c1.I. The van der Waals surface area contributed by atoms with Crippen molar-refractivity contribution >= 4 is 29.9 Å². The Morgan fingerprint density at radius 3 is 2.52 bits per heavy atom. The molecule has 5 heteroatoms. The fraction of sp³-hybridized carbons (Fsp3) is 0.278. The highest BCUT2D eigenvalue weighted by Crippen LogP contribution is 2.07. The molecule has 0 saturated carbocycles. The number of para-hydroxylation sites is 1. The van der Waals surface area contributed by atoms with Crippen molar-refractivity contribution in [3.8, 4) is 5.75 Å². The molecular formula is C18H24IN3O. The van der Waals surface area contributed by atoms with Crippen LogP contribution in [0, 0.1) is 6.92 Å². The standard InChI is InChI=1S/C18H23N3O.HI/c1-15-7-6-8-16(13-15)14-21-18(19-2)20-11-12-22-17-9-4-3-5-10-17;/h3-10,13H,11-12,14H2,1-2H3,(H2,19,20,21);1H. The summed E-state index contributed by atoms with van der Waals surface area (Å²) in [6.45, 7) is 4.13. The highest BCUT2D eigenvalue weighted by atomic mass is 127. The van der Waals surface area contributed by atoms with Gasteiger partial charge in [0.2, 0.25) is 0 Å². The van der Waals surface area contributed by atoms with Crippen LogP contribution in [0.5, 0.6) is 5.75 Å². The molecular weight excluding hydrogens is 401 g/mol. The smallest absolute Gasteiger partial charge is 0.191 e. The minimum Gasteiger partial charge on any atom is -0.492 e. The van der Waals surface area contributed by atoms with Gasteiger partial charge in [0.05, 0.1) is 6.54 Å². The molecule has 124 valence electrons. The van der Waals surface area contributed by atoms with Crippen molar-refractivity contribution in [2.75, 3.05) is 20.2 Å². The molecule has 0 aromatic heterocycles. The van der Waals surface area contributed by atoms with Crippen molar-refractivity contribution in [3.63, 3.8) is 0 Å². The zero-order chi connectivity index (χ0) is 15.6. The van der Waals surface area contributed by atoms with Gasteiger partial charge in [-0.1, -0.05) is 48.0 Å². The van der Waals surface area contributed by atoms with E-state index in [1.54, 1.807) is 7.05 Å². The molecule has 0 amide bonds. The molecule has 0 bridgehead atoms. The number of guanidine groups is 1. The molecule has 0 unspecified atom stereocenters. The van der Waals surface area contributed by atoms with Crippen molar-refractivity contribution in [3.05, 3.63) is 65.7 Å². The quantitative estimate of drug-likeness (QED) is 0.323. The average Bonchev–Trinajstić information content (AvgIpc) is 2.55. The molecule has 0 atom stereocenters. The Morgan fingerprint density at radius 1 is 1.04 bits per heavy atom. The first-order valence-electron chi connectivity index (χ1n) is 7.46. The number of nitrogens with zero attached hydrogens (tertiary/aromatic N) is 1. The number of aryl methyl sites for hydroxylation is 1. The van der Waals surface area contributed by atoms with E-state index in [2.05, 4.69) is 46.8 Å². The number of hydrogen-bond donors (Lipinski definition) is 2. The fourth-order valence-corrected chi connectivity index (χ4v) is 2.08. The van der Waals surface area contributed by atoms with Crippen LogP contribution in [0.3, 0.4) is 0 Å². The van der Waals surface area contributed by atoms with Gasteiger partial charge in [-0.15, -0.1) is 24.0 Å². The Labute approximate surface area is 155 Å². The average molecular weight is 425 g/mol. The molecule has 4 nitrogen and oxygen atoms in total. The van der Waals surface area contributed by atoms with Crippen molar-refractivity contribution in [1.29, 1.82) is 0 Å². The number of benzene rings is 2. The summed E-state index contributed by atoms with van der Waals surface area (Å²) >= 11 is 0. The van der Waals surface area contributed by atoms with Gasteiger partial charge in [-0.3, -0.25) is 4.99 Å². The van der Waals surface area contributed by atoms with Crippen molar-refractivity contribution < 1.29 is 4.74 Å². The van der Waals surface area contributed by atoms with E-state index in [0.717, 1.165) is 18.3 Å². The first-order valence-corrected chi connectivity index (χ1v) is 7.46. The van der Waals surface area contributed by atoms with Gasteiger partial charge in [0.1, 0.15) is 12.4 Å². The molecule has 0 heterocycles. The molecule has 0 aliphatic rings. The maximum Gasteiger partial charge on any atom is 0.191 e. The van der Waals surface area contributed by atoms with Crippen LogP contribution in [-0.4, -0.2) is 26.2 Å². The third-order valence-corrected chi connectivity index (χ3v) is 3.17. The predicted octanol–water partition coefficient (Wildman–Crippen LogP) is 3.36. The molecule has 0 saturated heterocycles. The summed E-state index contributed by atoms with van der Waals surface area (Å²) in [4.78, 5) is 4.21. The number of ether oxygens (including phenoxy) is 1. The molecule has 2 aromatic carbocycles. The fourth-order valence-electron chi connectivity index (χ4n) is 2.08. The molecule has 2 rings (SSSR count). The van der Waals surface area contributed by atoms with Crippen LogP contribution in [0.1, 0.15) is 11.1 Å². The molecule has 0 spiro atoms. The Hall–Kier alpha value is -1.76. The lowest BCUT2D eigenvalue weighted by Crippen LogP contribution is -2.38. The van der Waals surface area contributed by atoms with Gasteiger partial charge in [-0.05, 0) is 24.6 Å². The molecule has 0 fully saturated rings. The number of halogens is 1. The van der Waals surface area contributed by atoms with E-state index in [0.29, 0.717) is 13.2 Å². The first kappa shape index (κ1) is 19.3. The molecule has 0 radical (unpaired) electrons. The van der Waals surface area contributed by atoms with Gasteiger partial charge in [0.15, 0.2) is 5.96 Å². The van der Waals surface area contributed by atoms with Gasteiger partial charge in [-0.25, -0.2) is 0 Å². The second-order valence-corrected chi connectivity index (χ2v) is 5.00. The second-order valence-electron chi connectivity index (χ2n) is 5.00. The molecule has 2 aromatic rings. The second kappa shape index (κ2) is 10.9. The zero-order valence-electron chi connectivity index (χ0n) is 13.6. The number of hydrogen-bond acceptors (Lipinski definition) is 2. The highest BCUT2D eigenvalue weighted by Gasteiger charge is 1.99. The molecule has 23 heavy (non-hydrogen) atoms. The van der Waals surface area contributed by atoms with Crippen LogP contribution in [-0.2, 0) is 6.54 Å². The van der Waals surface area contributed by atoms with Crippen LogP contribution in [0.2, 0.25) is 0 Å². The van der Waals surface area contributed by atoms with Gasteiger partial charge in [0, 0.05) is 13.6 Å². The summed E-state index contributed by atoms with van der Waals surface area (Å²) in [6, 6.07) is 18.2. The topological polar surface area (TPSA) is 45.7 Å². The van der Waals surface area contributed by atoms with E-state index in [1.807, 2.05) is 30.3 Å². The summed E-state index contributed by atoms with van der Waals surface area (Å²) in [6.07, 6.45) is 0. The van der Waals surface area contributed by atoms with Gasteiger partial charge in [0.25, 0.3) is 0 Å². The molecule has 0 aliphatic carbocycles. The van der Waals surface area contributed by atoms with Crippen molar-refractivity contribution in [1.82, 2.24) is 10.6 Å². The predicted molar refractivity (Wildman–Crippen MR) is 107 cm³/mol. The third kappa shape index (κ3) is 7.36. The van der Waals surface area contributed by atoms with Crippen LogP contribution in [0.15, 0.2) is 59.6 Å². The molecule has 0 aliphatic heterocycles. The van der Waals surface area contributed by atoms with Crippen molar-refractivity contribution in [2.45, 2.75) is 13.5 Å². The zero-order valence-corrected chi connectivity index (χ0v) is 15.9.